The minimum absolute atomic E-state index is 0.266. The Balaban J connectivity index is 2.43. The quantitative estimate of drug-likeness (QED) is 0.811. The minimum Gasteiger partial charge on any atom is -0.384 e. The van der Waals surface area contributed by atoms with Crippen molar-refractivity contribution in [1.82, 2.24) is 14.8 Å². The van der Waals surface area contributed by atoms with Crippen LogP contribution in [0.4, 0.5) is 5.82 Å². The number of nitrogen functional groups attached to an aromatic ring is 1. The van der Waals surface area contributed by atoms with Crippen LogP contribution in [-0.2, 0) is 0 Å². The van der Waals surface area contributed by atoms with Gasteiger partial charge in [-0.15, -0.1) is 0 Å². The minimum atomic E-state index is 0.266. The summed E-state index contributed by atoms with van der Waals surface area (Å²) in [5, 5.41) is 4.41. The summed E-state index contributed by atoms with van der Waals surface area (Å²) in [6, 6.07) is 7.86. The topological polar surface area (TPSA) is 56.7 Å². The van der Waals surface area contributed by atoms with E-state index >= 15 is 0 Å². The number of aromatic nitrogens is 3. The molecule has 2 heterocycles. The van der Waals surface area contributed by atoms with E-state index in [9.17, 15) is 0 Å². The molecule has 2 rings (SSSR count). The van der Waals surface area contributed by atoms with Crippen LogP contribution in [0, 0.1) is 0 Å². The number of rotatable bonds is 2. The highest BCUT2D eigenvalue weighted by Crippen LogP contribution is 2.20. The van der Waals surface area contributed by atoms with E-state index in [0.717, 1.165) is 11.4 Å². The molecule has 0 aromatic carbocycles. The van der Waals surface area contributed by atoms with Crippen LogP contribution in [-0.4, -0.2) is 14.8 Å². The van der Waals surface area contributed by atoms with Gasteiger partial charge in [-0.3, -0.25) is 4.98 Å². The zero-order valence-electron chi connectivity index (χ0n) is 8.88. The maximum Gasteiger partial charge on any atom is 0.122 e. The van der Waals surface area contributed by atoms with Crippen LogP contribution in [0.5, 0.6) is 0 Å². The van der Waals surface area contributed by atoms with Gasteiger partial charge in [-0.1, -0.05) is 6.07 Å². The molecule has 0 saturated carbocycles. The van der Waals surface area contributed by atoms with E-state index in [2.05, 4.69) is 10.1 Å². The summed E-state index contributed by atoms with van der Waals surface area (Å²) in [5.41, 5.74) is 7.52. The molecule has 0 spiro atoms. The van der Waals surface area contributed by atoms with Gasteiger partial charge in [0, 0.05) is 18.3 Å². The average molecular weight is 202 g/mol. The molecule has 0 atom stereocenters. The molecule has 2 N–H and O–H groups in total. The van der Waals surface area contributed by atoms with E-state index in [1.807, 2.05) is 38.1 Å². The van der Waals surface area contributed by atoms with Crippen molar-refractivity contribution in [2.24, 2.45) is 0 Å². The monoisotopic (exact) mass is 202 g/mol. The highest BCUT2D eigenvalue weighted by molar-refractivity contribution is 5.57. The third kappa shape index (κ3) is 1.83. The lowest BCUT2D eigenvalue weighted by atomic mass is 10.3. The number of nitrogens with zero attached hydrogens (tertiary/aromatic N) is 3. The van der Waals surface area contributed by atoms with Gasteiger partial charge in [0.2, 0.25) is 0 Å². The third-order valence-corrected chi connectivity index (χ3v) is 2.18. The second kappa shape index (κ2) is 3.73. The summed E-state index contributed by atoms with van der Waals surface area (Å²) in [7, 11) is 0. The number of anilines is 1. The normalized spacial score (nSPS) is 10.9. The summed E-state index contributed by atoms with van der Waals surface area (Å²) >= 11 is 0. The molecule has 2 aromatic rings. The van der Waals surface area contributed by atoms with E-state index < -0.39 is 0 Å². The summed E-state index contributed by atoms with van der Waals surface area (Å²) in [4.78, 5) is 4.23. The molecular formula is C11H14N4. The van der Waals surface area contributed by atoms with Gasteiger partial charge in [-0.25, -0.2) is 4.68 Å². The lowest BCUT2D eigenvalue weighted by Gasteiger charge is -2.06. The Hall–Kier alpha value is -1.84. The molecule has 0 radical (unpaired) electrons. The van der Waals surface area contributed by atoms with Crippen LogP contribution in [0.2, 0.25) is 0 Å². The maximum atomic E-state index is 5.85. The smallest absolute Gasteiger partial charge is 0.122 e. The van der Waals surface area contributed by atoms with Crippen molar-refractivity contribution in [2.75, 3.05) is 5.73 Å². The molecule has 0 unspecified atom stereocenters. The molecule has 15 heavy (non-hydrogen) atoms. The molecule has 0 fully saturated rings. The van der Waals surface area contributed by atoms with Crippen molar-refractivity contribution >= 4 is 5.82 Å². The van der Waals surface area contributed by atoms with E-state index in [0.29, 0.717) is 5.82 Å². The number of hydrogen-bond acceptors (Lipinski definition) is 3. The fourth-order valence-electron chi connectivity index (χ4n) is 1.46. The number of pyridine rings is 1. The Kier molecular flexibility index (Phi) is 2.41. The Labute approximate surface area is 88.8 Å². The summed E-state index contributed by atoms with van der Waals surface area (Å²) in [5.74, 6) is 0.672. The summed E-state index contributed by atoms with van der Waals surface area (Å²) < 4.78 is 1.80. The van der Waals surface area contributed by atoms with Gasteiger partial charge in [-0.2, -0.15) is 5.10 Å². The second-order valence-corrected chi connectivity index (χ2v) is 3.71. The second-order valence-electron chi connectivity index (χ2n) is 3.71. The lowest BCUT2D eigenvalue weighted by Crippen LogP contribution is -2.06. The molecule has 4 heteroatoms. The van der Waals surface area contributed by atoms with Gasteiger partial charge in [0.25, 0.3) is 0 Å². The van der Waals surface area contributed by atoms with Crippen LogP contribution < -0.4 is 5.73 Å². The van der Waals surface area contributed by atoms with Gasteiger partial charge in [0.15, 0.2) is 0 Å². The Bertz CT molecular complexity index is 445. The first kappa shape index (κ1) is 9.71. The molecule has 0 saturated heterocycles. The molecule has 0 bridgehead atoms. The zero-order valence-corrected chi connectivity index (χ0v) is 8.88. The Morgan fingerprint density at radius 1 is 1.27 bits per heavy atom. The fraction of sp³-hybridized carbons (Fsp3) is 0.273. The van der Waals surface area contributed by atoms with Crippen molar-refractivity contribution in [3.63, 3.8) is 0 Å². The van der Waals surface area contributed by atoms with Gasteiger partial charge in [-0.05, 0) is 26.0 Å². The fourth-order valence-corrected chi connectivity index (χ4v) is 1.46. The van der Waals surface area contributed by atoms with Gasteiger partial charge in [0.05, 0.1) is 5.69 Å². The van der Waals surface area contributed by atoms with Crippen molar-refractivity contribution in [1.29, 1.82) is 0 Å². The largest absolute Gasteiger partial charge is 0.384 e. The Morgan fingerprint density at radius 3 is 2.60 bits per heavy atom. The molecule has 0 aliphatic heterocycles. The first-order chi connectivity index (χ1) is 7.18. The van der Waals surface area contributed by atoms with Crippen LogP contribution in [0.1, 0.15) is 19.9 Å². The standard InChI is InChI=1S/C11H14N4/c1-8(2)15-11(12)7-10(14-15)9-5-3-4-6-13-9/h3-8H,12H2,1-2H3. The zero-order chi connectivity index (χ0) is 10.8. The van der Waals surface area contributed by atoms with Crippen LogP contribution in [0.15, 0.2) is 30.5 Å². The number of hydrogen-bond donors (Lipinski definition) is 1. The van der Waals surface area contributed by atoms with Crippen molar-refractivity contribution in [2.45, 2.75) is 19.9 Å². The molecule has 0 aliphatic rings. The molecular weight excluding hydrogens is 188 g/mol. The van der Waals surface area contributed by atoms with Gasteiger partial charge < -0.3 is 5.73 Å². The predicted octanol–water partition coefficient (Wildman–Crippen LogP) is 2.11. The van der Waals surface area contributed by atoms with Crippen LogP contribution in [0.3, 0.4) is 0 Å². The van der Waals surface area contributed by atoms with Gasteiger partial charge >= 0.3 is 0 Å². The highest BCUT2D eigenvalue weighted by atomic mass is 15.3. The first-order valence-corrected chi connectivity index (χ1v) is 4.95. The summed E-state index contributed by atoms with van der Waals surface area (Å²) in [6.07, 6.45) is 1.75. The SMILES string of the molecule is CC(C)n1nc(-c2ccccn2)cc1N. The van der Waals surface area contributed by atoms with Crippen LogP contribution >= 0.6 is 0 Å². The molecule has 4 nitrogen and oxygen atoms in total. The van der Waals surface area contributed by atoms with Crippen LogP contribution in [0.25, 0.3) is 11.4 Å². The van der Waals surface area contributed by atoms with E-state index in [1.54, 1.807) is 10.9 Å². The molecule has 0 aliphatic carbocycles. The Morgan fingerprint density at radius 2 is 2.07 bits per heavy atom. The molecule has 0 amide bonds. The summed E-state index contributed by atoms with van der Waals surface area (Å²) in [6.45, 7) is 4.09. The maximum absolute atomic E-state index is 5.85. The third-order valence-electron chi connectivity index (χ3n) is 2.18. The average Bonchev–Trinajstić information content (AvgIpc) is 2.62. The van der Waals surface area contributed by atoms with E-state index in [-0.39, 0.29) is 6.04 Å². The van der Waals surface area contributed by atoms with E-state index in [4.69, 9.17) is 5.73 Å². The highest BCUT2D eigenvalue weighted by Gasteiger charge is 2.09. The van der Waals surface area contributed by atoms with Crippen molar-refractivity contribution < 1.29 is 0 Å². The van der Waals surface area contributed by atoms with Crippen molar-refractivity contribution in [3.8, 4) is 11.4 Å². The first-order valence-electron chi connectivity index (χ1n) is 4.95. The number of nitrogens with two attached hydrogens (primary N) is 1. The molecule has 78 valence electrons. The van der Waals surface area contributed by atoms with Crippen molar-refractivity contribution in [3.05, 3.63) is 30.5 Å². The lowest BCUT2D eigenvalue weighted by molar-refractivity contribution is 0.542. The molecule has 2 aromatic heterocycles. The van der Waals surface area contributed by atoms with E-state index in [1.165, 1.54) is 0 Å². The van der Waals surface area contributed by atoms with Gasteiger partial charge in [0.1, 0.15) is 11.5 Å². The predicted molar refractivity (Wildman–Crippen MR) is 60.3 cm³/mol.